The number of carbonyl (C=O) groups excluding carboxylic acids is 1. The second-order valence-corrected chi connectivity index (χ2v) is 6.99. The molecule has 0 spiro atoms. The minimum Gasteiger partial charge on any atom is -0.469 e. The minimum absolute atomic E-state index is 0.202. The summed E-state index contributed by atoms with van der Waals surface area (Å²) < 4.78 is 4.68. The number of hydrogen-bond acceptors (Lipinski definition) is 3. The Labute approximate surface area is 144 Å². The van der Waals surface area contributed by atoms with Gasteiger partial charge >= 0.3 is 5.97 Å². The second kappa shape index (κ2) is 16.3. The van der Waals surface area contributed by atoms with Crippen molar-refractivity contribution in [2.75, 3.05) is 7.11 Å². The topological polar surface area (TPSA) is 46.5 Å². The standard InChI is InChI=1S/C20H40O3/c1-4-5-6-7-8-9-10-11-12-13-14-15-16-19(21)17-18(2)20(22)23-3/h18-19,21H,4-17H2,1-3H3. The van der Waals surface area contributed by atoms with Crippen molar-refractivity contribution in [3.05, 3.63) is 0 Å². The Balaban J connectivity index is 3.28. The van der Waals surface area contributed by atoms with Gasteiger partial charge in [-0.1, -0.05) is 90.9 Å². The predicted octanol–water partition coefficient (Wildman–Crippen LogP) is 5.64. The zero-order valence-corrected chi connectivity index (χ0v) is 15.8. The summed E-state index contributed by atoms with van der Waals surface area (Å²) in [5.41, 5.74) is 0. The lowest BCUT2D eigenvalue weighted by atomic mass is 9.99. The smallest absolute Gasteiger partial charge is 0.308 e. The first-order valence-corrected chi connectivity index (χ1v) is 9.87. The number of unbranched alkanes of at least 4 members (excludes halogenated alkanes) is 11. The Hall–Kier alpha value is -0.570. The van der Waals surface area contributed by atoms with Crippen LogP contribution in [0.2, 0.25) is 0 Å². The zero-order valence-electron chi connectivity index (χ0n) is 15.8. The van der Waals surface area contributed by atoms with Gasteiger partial charge in [0.2, 0.25) is 0 Å². The molecule has 0 saturated carbocycles. The minimum atomic E-state index is -0.368. The average Bonchev–Trinajstić information content (AvgIpc) is 2.54. The molecule has 0 rings (SSSR count). The zero-order chi connectivity index (χ0) is 17.3. The van der Waals surface area contributed by atoms with Gasteiger partial charge < -0.3 is 9.84 Å². The lowest BCUT2D eigenvalue weighted by Crippen LogP contribution is -2.19. The molecular formula is C20H40O3. The summed E-state index contributed by atoms with van der Waals surface area (Å²) in [7, 11) is 1.40. The molecule has 0 heterocycles. The van der Waals surface area contributed by atoms with Gasteiger partial charge in [-0.3, -0.25) is 4.79 Å². The molecule has 138 valence electrons. The molecule has 2 atom stereocenters. The van der Waals surface area contributed by atoms with Crippen LogP contribution in [0.4, 0.5) is 0 Å². The van der Waals surface area contributed by atoms with Crippen molar-refractivity contribution in [3.8, 4) is 0 Å². The summed E-state index contributed by atoms with van der Waals surface area (Å²) in [6, 6.07) is 0. The monoisotopic (exact) mass is 328 g/mol. The Kier molecular flexibility index (Phi) is 15.9. The van der Waals surface area contributed by atoms with Gasteiger partial charge in [-0.2, -0.15) is 0 Å². The van der Waals surface area contributed by atoms with E-state index in [9.17, 15) is 9.90 Å². The lowest BCUT2D eigenvalue weighted by molar-refractivity contribution is -0.145. The highest BCUT2D eigenvalue weighted by Gasteiger charge is 2.17. The van der Waals surface area contributed by atoms with Gasteiger partial charge in [-0.25, -0.2) is 0 Å². The average molecular weight is 329 g/mol. The SMILES string of the molecule is CCCCCCCCCCCCCCC(O)CC(C)C(=O)OC. The first kappa shape index (κ1) is 22.4. The fourth-order valence-electron chi connectivity index (χ4n) is 3.04. The van der Waals surface area contributed by atoms with Gasteiger partial charge in [-0.15, -0.1) is 0 Å². The molecule has 0 amide bonds. The van der Waals surface area contributed by atoms with E-state index in [4.69, 9.17) is 0 Å². The third-order valence-corrected chi connectivity index (χ3v) is 4.62. The number of hydrogen-bond donors (Lipinski definition) is 1. The van der Waals surface area contributed by atoms with Crippen LogP contribution in [0.3, 0.4) is 0 Å². The maximum atomic E-state index is 11.3. The van der Waals surface area contributed by atoms with Gasteiger partial charge in [0.05, 0.1) is 19.1 Å². The predicted molar refractivity (Wildman–Crippen MR) is 97.5 cm³/mol. The van der Waals surface area contributed by atoms with Gasteiger partial charge in [0.1, 0.15) is 0 Å². The summed E-state index contributed by atoms with van der Waals surface area (Å²) in [5.74, 6) is -0.425. The molecule has 0 aliphatic rings. The molecule has 0 bridgehead atoms. The van der Waals surface area contributed by atoms with Crippen molar-refractivity contribution in [3.63, 3.8) is 0 Å². The highest BCUT2D eigenvalue weighted by atomic mass is 16.5. The van der Waals surface area contributed by atoms with E-state index in [0.717, 1.165) is 12.8 Å². The molecule has 2 unspecified atom stereocenters. The molecule has 3 nitrogen and oxygen atoms in total. The van der Waals surface area contributed by atoms with Crippen LogP contribution in [-0.2, 0) is 9.53 Å². The highest BCUT2D eigenvalue weighted by molar-refractivity contribution is 5.71. The molecule has 23 heavy (non-hydrogen) atoms. The molecule has 0 aliphatic carbocycles. The van der Waals surface area contributed by atoms with E-state index in [1.807, 2.05) is 6.92 Å². The molecular weight excluding hydrogens is 288 g/mol. The van der Waals surface area contributed by atoms with E-state index in [1.54, 1.807) is 0 Å². The Morgan fingerprint density at radius 1 is 0.870 bits per heavy atom. The number of rotatable bonds is 16. The van der Waals surface area contributed by atoms with Crippen molar-refractivity contribution in [2.24, 2.45) is 5.92 Å². The highest BCUT2D eigenvalue weighted by Crippen LogP contribution is 2.15. The Bertz CT molecular complexity index is 266. The summed E-state index contributed by atoms with van der Waals surface area (Å²) >= 11 is 0. The molecule has 0 aromatic carbocycles. The van der Waals surface area contributed by atoms with Crippen LogP contribution in [0.1, 0.15) is 104 Å². The number of ether oxygens (including phenoxy) is 1. The maximum absolute atomic E-state index is 11.3. The number of carbonyl (C=O) groups is 1. The van der Waals surface area contributed by atoms with Crippen molar-refractivity contribution < 1.29 is 14.6 Å². The first-order valence-electron chi connectivity index (χ1n) is 9.87. The third kappa shape index (κ3) is 14.7. The van der Waals surface area contributed by atoms with Crippen LogP contribution in [0, 0.1) is 5.92 Å². The van der Waals surface area contributed by atoms with Gasteiger partial charge in [0.15, 0.2) is 0 Å². The van der Waals surface area contributed by atoms with E-state index in [2.05, 4.69) is 11.7 Å². The molecule has 1 N–H and O–H groups in total. The van der Waals surface area contributed by atoms with E-state index < -0.39 is 0 Å². The summed E-state index contributed by atoms with van der Waals surface area (Å²) in [6.07, 6.45) is 16.9. The number of aliphatic hydroxyl groups excluding tert-OH is 1. The quantitative estimate of drug-likeness (QED) is 0.295. The van der Waals surface area contributed by atoms with E-state index in [-0.39, 0.29) is 18.0 Å². The van der Waals surface area contributed by atoms with Crippen LogP contribution in [-0.4, -0.2) is 24.3 Å². The third-order valence-electron chi connectivity index (χ3n) is 4.62. The van der Waals surface area contributed by atoms with Gasteiger partial charge in [-0.05, 0) is 12.8 Å². The van der Waals surface area contributed by atoms with Crippen LogP contribution in [0.15, 0.2) is 0 Å². The van der Waals surface area contributed by atoms with Crippen LogP contribution >= 0.6 is 0 Å². The van der Waals surface area contributed by atoms with E-state index in [1.165, 1.54) is 77.7 Å². The Morgan fingerprint density at radius 2 is 1.30 bits per heavy atom. The van der Waals surface area contributed by atoms with Crippen LogP contribution in [0.5, 0.6) is 0 Å². The maximum Gasteiger partial charge on any atom is 0.308 e. The van der Waals surface area contributed by atoms with Gasteiger partial charge in [0, 0.05) is 0 Å². The summed E-state index contributed by atoms with van der Waals surface area (Å²) in [6.45, 7) is 4.08. The molecule has 0 fully saturated rings. The number of esters is 1. The number of aliphatic hydroxyl groups is 1. The Morgan fingerprint density at radius 3 is 1.74 bits per heavy atom. The summed E-state index contributed by atoms with van der Waals surface area (Å²) in [4.78, 5) is 11.3. The molecule has 0 radical (unpaired) electrons. The van der Waals surface area contributed by atoms with Crippen molar-refractivity contribution in [1.29, 1.82) is 0 Å². The number of methoxy groups -OCH3 is 1. The normalized spacial score (nSPS) is 13.7. The van der Waals surface area contributed by atoms with Gasteiger partial charge in [0.25, 0.3) is 0 Å². The lowest BCUT2D eigenvalue weighted by Gasteiger charge is -2.14. The van der Waals surface area contributed by atoms with Crippen molar-refractivity contribution in [2.45, 2.75) is 110 Å². The molecule has 0 aliphatic heterocycles. The fourth-order valence-corrected chi connectivity index (χ4v) is 3.04. The summed E-state index contributed by atoms with van der Waals surface area (Å²) in [5, 5.41) is 9.92. The van der Waals surface area contributed by atoms with E-state index >= 15 is 0 Å². The first-order chi connectivity index (χ1) is 11.1. The molecule has 0 aromatic rings. The van der Waals surface area contributed by atoms with Crippen LogP contribution in [0.25, 0.3) is 0 Å². The molecule has 0 saturated heterocycles. The van der Waals surface area contributed by atoms with Crippen LogP contribution < -0.4 is 0 Å². The molecule has 0 aromatic heterocycles. The molecule has 3 heteroatoms. The fraction of sp³-hybridized carbons (Fsp3) is 0.950. The largest absolute Gasteiger partial charge is 0.469 e. The second-order valence-electron chi connectivity index (χ2n) is 6.99. The van der Waals surface area contributed by atoms with E-state index in [0.29, 0.717) is 6.42 Å². The van der Waals surface area contributed by atoms with Crippen molar-refractivity contribution in [1.82, 2.24) is 0 Å². The van der Waals surface area contributed by atoms with Crippen molar-refractivity contribution >= 4 is 5.97 Å².